The Morgan fingerprint density at radius 1 is 0.348 bits per heavy atom. The van der Waals surface area contributed by atoms with Crippen molar-refractivity contribution in [2.45, 2.75) is 0 Å². The molecule has 8 aromatic carbocycles. The molecule has 1 heterocycles. The zero-order valence-corrected chi connectivity index (χ0v) is 25.1. The van der Waals surface area contributed by atoms with E-state index in [9.17, 15) is 0 Å². The fraction of sp³-hybridized carbons (Fsp3) is 0. The summed E-state index contributed by atoms with van der Waals surface area (Å²) in [4.78, 5) is 2.29. The average Bonchev–Trinajstić information content (AvgIpc) is 3.50. The van der Waals surface area contributed by atoms with Crippen molar-refractivity contribution in [3.05, 3.63) is 176 Å². The number of hydrogen-bond acceptors (Lipinski definition) is 2. The molecule has 0 saturated carbocycles. The van der Waals surface area contributed by atoms with Gasteiger partial charge >= 0.3 is 0 Å². The van der Waals surface area contributed by atoms with E-state index in [4.69, 9.17) is 4.42 Å². The Kier molecular flexibility index (Phi) is 6.17. The van der Waals surface area contributed by atoms with E-state index in [1.807, 2.05) is 0 Å². The van der Waals surface area contributed by atoms with E-state index in [1.165, 1.54) is 43.8 Å². The highest BCUT2D eigenvalue weighted by atomic mass is 16.3. The highest BCUT2D eigenvalue weighted by Crippen LogP contribution is 2.44. The molecule has 0 unspecified atom stereocenters. The number of fused-ring (bicyclic) bond motifs is 6. The molecule has 46 heavy (non-hydrogen) atoms. The maximum Gasteiger partial charge on any atom is 0.137 e. The van der Waals surface area contributed by atoms with Crippen LogP contribution in [0.15, 0.2) is 180 Å². The normalized spacial score (nSPS) is 11.5. The summed E-state index contributed by atoms with van der Waals surface area (Å²) in [5.41, 5.74) is 9.79. The Balaban J connectivity index is 1.22. The molecule has 0 atom stereocenters. The van der Waals surface area contributed by atoms with Crippen molar-refractivity contribution >= 4 is 60.5 Å². The number of rotatable bonds is 5. The van der Waals surface area contributed by atoms with Crippen molar-refractivity contribution in [2.24, 2.45) is 0 Å². The van der Waals surface area contributed by atoms with Crippen LogP contribution in [-0.4, -0.2) is 0 Å². The van der Waals surface area contributed by atoms with Crippen LogP contribution in [0.2, 0.25) is 0 Å². The van der Waals surface area contributed by atoms with Gasteiger partial charge in [-0.15, -0.1) is 0 Å². The van der Waals surface area contributed by atoms with E-state index in [2.05, 4.69) is 181 Å². The highest BCUT2D eigenvalue weighted by molar-refractivity contribution is 6.23. The van der Waals surface area contributed by atoms with Gasteiger partial charge in [-0.1, -0.05) is 127 Å². The van der Waals surface area contributed by atoms with Crippen LogP contribution in [0.3, 0.4) is 0 Å². The Morgan fingerprint density at radius 2 is 0.957 bits per heavy atom. The lowest BCUT2D eigenvalue weighted by Crippen LogP contribution is -2.09. The first kappa shape index (κ1) is 26.3. The molecule has 0 saturated heterocycles. The number of nitrogens with zero attached hydrogens (tertiary/aromatic N) is 1. The van der Waals surface area contributed by atoms with Crippen LogP contribution in [0.25, 0.3) is 65.7 Å². The fourth-order valence-corrected chi connectivity index (χ4v) is 6.91. The molecule has 0 aliphatic carbocycles. The molecule has 9 aromatic rings. The summed E-state index contributed by atoms with van der Waals surface area (Å²) >= 11 is 0. The van der Waals surface area contributed by atoms with Crippen LogP contribution in [0.4, 0.5) is 17.1 Å². The standard InChI is InChI=1S/C44H29NO/c1-3-12-30(13-4-1)31-22-24-34(25-23-31)45(33-16-5-2-6-17-33)35-26-27-40-42(28-35)46-43-29-41(38-19-9-10-20-39(38)44(40)43)37-21-11-15-32-14-7-8-18-36(32)37/h1-29H. The summed E-state index contributed by atoms with van der Waals surface area (Å²) in [5, 5.41) is 7.17. The molecule has 0 amide bonds. The second-order valence-electron chi connectivity index (χ2n) is 11.7. The summed E-state index contributed by atoms with van der Waals surface area (Å²) in [6.07, 6.45) is 0. The van der Waals surface area contributed by atoms with Gasteiger partial charge in [-0.2, -0.15) is 0 Å². The number of hydrogen-bond donors (Lipinski definition) is 0. The summed E-state index contributed by atoms with van der Waals surface area (Å²) < 4.78 is 6.75. The quantitative estimate of drug-likeness (QED) is 0.199. The van der Waals surface area contributed by atoms with Crippen LogP contribution in [0.1, 0.15) is 0 Å². The smallest absolute Gasteiger partial charge is 0.137 e. The van der Waals surface area contributed by atoms with Crippen molar-refractivity contribution in [3.8, 4) is 22.3 Å². The molecular weight excluding hydrogens is 558 g/mol. The lowest BCUT2D eigenvalue weighted by Gasteiger charge is -2.25. The third-order valence-corrected chi connectivity index (χ3v) is 9.05. The highest BCUT2D eigenvalue weighted by Gasteiger charge is 2.19. The number of furan rings is 1. The molecule has 0 aliphatic rings. The van der Waals surface area contributed by atoms with Gasteiger partial charge in [0, 0.05) is 33.9 Å². The minimum absolute atomic E-state index is 0.870. The third kappa shape index (κ3) is 4.35. The van der Waals surface area contributed by atoms with Crippen molar-refractivity contribution in [2.75, 3.05) is 4.90 Å². The minimum Gasteiger partial charge on any atom is -0.456 e. The van der Waals surface area contributed by atoms with Gasteiger partial charge in [0.1, 0.15) is 11.2 Å². The zero-order valence-electron chi connectivity index (χ0n) is 25.1. The molecule has 0 N–H and O–H groups in total. The van der Waals surface area contributed by atoms with Gasteiger partial charge in [-0.3, -0.25) is 0 Å². The summed E-state index contributed by atoms with van der Waals surface area (Å²) in [5.74, 6) is 0. The first-order valence-electron chi connectivity index (χ1n) is 15.7. The molecule has 2 heteroatoms. The molecule has 0 spiro atoms. The number of benzene rings is 8. The van der Waals surface area contributed by atoms with E-state index in [0.29, 0.717) is 0 Å². The summed E-state index contributed by atoms with van der Waals surface area (Å²) in [6.45, 7) is 0. The second kappa shape index (κ2) is 10.8. The monoisotopic (exact) mass is 587 g/mol. The van der Waals surface area contributed by atoms with E-state index < -0.39 is 0 Å². The Bertz CT molecular complexity index is 2510. The predicted octanol–water partition coefficient (Wildman–Crippen LogP) is 12.7. The SMILES string of the molecule is c1ccc(-c2ccc(N(c3ccccc3)c3ccc4c(c3)oc3cc(-c5cccc6ccccc56)c5ccccc5c34)cc2)cc1. The maximum absolute atomic E-state index is 6.75. The zero-order chi connectivity index (χ0) is 30.5. The average molecular weight is 588 g/mol. The van der Waals surface area contributed by atoms with Crippen molar-refractivity contribution in [1.29, 1.82) is 0 Å². The van der Waals surface area contributed by atoms with Crippen LogP contribution >= 0.6 is 0 Å². The molecule has 1 aromatic heterocycles. The van der Waals surface area contributed by atoms with Gasteiger partial charge in [-0.25, -0.2) is 0 Å². The Hall–Kier alpha value is -6.12. The molecular formula is C44H29NO. The number of anilines is 3. The first-order valence-corrected chi connectivity index (χ1v) is 15.7. The topological polar surface area (TPSA) is 16.4 Å². The van der Waals surface area contributed by atoms with Crippen molar-refractivity contribution < 1.29 is 4.42 Å². The van der Waals surface area contributed by atoms with Crippen molar-refractivity contribution in [1.82, 2.24) is 0 Å². The molecule has 216 valence electrons. The van der Waals surface area contributed by atoms with E-state index in [-0.39, 0.29) is 0 Å². The van der Waals surface area contributed by atoms with Gasteiger partial charge < -0.3 is 9.32 Å². The van der Waals surface area contributed by atoms with Gasteiger partial charge in [0.15, 0.2) is 0 Å². The summed E-state index contributed by atoms with van der Waals surface area (Å²) in [6, 6.07) is 62.5. The van der Waals surface area contributed by atoms with Crippen LogP contribution in [-0.2, 0) is 0 Å². The van der Waals surface area contributed by atoms with Crippen molar-refractivity contribution in [3.63, 3.8) is 0 Å². The van der Waals surface area contributed by atoms with Gasteiger partial charge in [0.25, 0.3) is 0 Å². The first-order chi connectivity index (χ1) is 22.8. The van der Waals surface area contributed by atoms with Gasteiger partial charge in [0.2, 0.25) is 0 Å². The molecule has 0 fully saturated rings. The van der Waals surface area contributed by atoms with Crippen LogP contribution in [0, 0.1) is 0 Å². The van der Waals surface area contributed by atoms with Gasteiger partial charge in [-0.05, 0) is 86.3 Å². The lowest BCUT2D eigenvalue weighted by molar-refractivity contribution is 0.669. The van der Waals surface area contributed by atoms with Crippen LogP contribution in [0.5, 0.6) is 0 Å². The summed E-state index contributed by atoms with van der Waals surface area (Å²) in [7, 11) is 0. The minimum atomic E-state index is 0.870. The Labute approximate surface area is 267 Å². The molecule has 0 aliphatic heterocycles. The molecule has 9 rings (SSSR count). The van der Waals surface area contributed by atoms with Gasteiger partial charge in [0.05, 0.1) is 0 Å². The van der Waals surface area contributed by atoms with E-state index in [1.54, 1.807) is 0 Å². The second-order valence-corrected chi connectivity index (χ2v) is 11.7. The largest absolute Gasteiger partial charge is 0.456 e. The maximum atomic E-state index is 6.75. The van der Waals surface area contributed by atoms with Crippen LogP contribution < -0.4 is 4.90 Å². The number of para-hydroxylation sites is 1. The third-order valence-electron chi connectivity index (χ3n) is 9.05. The van der Waals surface area contributed by atoms with E-state index in [0.717, 1.165) is 39.0 Å². The Morgan fingerprint density at radius 3 is 1.76 bits per heavy atom. The molecule has 2 nitrogen and oxygen atoms in total. The molecule has 0 bridgehead atoms. The lowest BCUT2D eigenvalue weighted by atomic mass is 9.92. The van der Waals surface area contributed by atoms with E-state index >= 15 is 0 Å². The molecule has 0 radical (unpaired) electrons. The fourth-order valence-electron chi connectivity index (χ4n) is 6.91. The predicted molar refractivity (Wildman–Crippen MR) is 194 cm³/mol.